The number of benzene rings is 2. The second-order valence-corrected chi connectivity index (χ2v) is 10.6. The van der Waals surface area contributed by atoms with Crippen LogP contribution in [0.2, 0.25) is 0 Å². The normalized spacial score (nSPS) is 20.3. The molecule has 2 atom stereocenters. The maximum absolute atomic E-state index is 14.6. The van der Waals surface area contributed by atoms with Crippen LogP contribution < -0.4 is 15.0 Å². The number of aryl methyl sites for hydroxylation is 1. The Labute approximate surface area is 220 Å². The number of piperazine rings is 1. The predicted octanol–water partition coefficient (Wildman–Crippen LogP) is 4.23. The molecule has 198 valence electrons. The van der Waals surface area contributed by atoms with Gasteiger partial charge in [0.15, 0.2) is 5.82 Å². The van der Waals surface area contributed by atoms with Gasteiger partial charge in [-0.1, -0.05) is 0 Å². The summed E-state index contributed by atoms with van der Waals surface area (Å²) in [5.74, 6) is -0.0362. The van der Waals surface area contributed by atoms with E-state index in [1.807, 2.05) is 6.07 Å². The SMILES string of the molecule is COc1ncc2c(N3CC(C)N(CC4CC4)C(C)C3)ccc(C(=O)Nc3cc(F)c4nn(C)cc4c3)c2n1. The Morgan fingerprint density at radius 2 is 1.92 bits per heavy atom. The Morgan fingerprint density at radius 1 is 1.16 bits per heavy atom. The lowest BCUT2D eigenvalue weighted by molar-refractivity contribution is 0.102. The van der Waals surface area contributed by atoms with E-state index in [2.05, 4.69) is 44.0 Å². The standard InChI is InChI=1S/C28H32FN7O2/c1-16-12-35(13-17(2)36(16)14-18-5-6-18)24-8-7-21(26-22(24)11-30-28(32-26)38-4)27(37)31-20-9-19-15-34(3)33-25(19)23(29)10-20/h7-11,15-18H,5-6,12-14H2,1-4H3,(H,31,37). The number of ether oxygens (including phenoxy) is 1. The van der Waals surface area contributed by atoms with Gasteiger partial charge in [-0.15, -0.1) is 0 Å². The van der Waals surface area contributed by atoms with Gasteiger partial charge >= 0.3 is 6.01 Å². The van der Waals surface area contributed by atoms with Crippen molar-refractivity contribution in [2.75, 3.05) is 37.0 Å². The molecule has 38 heavy (non-hydrogen) atoms. The highest BCUT2D eigenvalue weighted by molar-refractivity contribution is 6.14. The summed E-state index contributed by atoms with van der Waals surface area (Å²) in [4.78, 5) is 27.4. The van der Waals surface area contributed by atoms with E-state index in [1.54, 1.807) is 36.3 Å². The fourth-order valence-corrected chi connectivity index (χ4v) is 5.64. The average Bonchev–Trinajstić information content (AvgIpc) is 3.63. The van der Waals surface area contributed by atoms with Gasteiger partial charge in [0.25, 0.3) is 5.91 Å². The average molecular weight is 518 g/mol. The topological polar surface area (TPSA) is 88.4 Å². The van der Waals surface area contributed by atoms with Crippen molar-refractivity contribution in [3.8, 4) is 6.01 Å². The lowest BCUT2D eigenvalue weighted by atomic mass is 10.0. The van der Waals surface area contributed by atoms with E-state index in [9.17, 15) is 9.18 Å². The number of rotatable bonds is 6. The molecule has 1 saturated heterocycles. The monoisotopic (exact) mass is 517 g/mol. The molecule has 4 aromatic rings. The van der Waals surface area contributed by atoms with Crippen molar-refractivity contribution in [3.63, 3.8) is 0 Å². The van der Waals surface area contributed by atoms with Crippen LogP contribution in [-0.4, -0.2) is 69.4 Å². The molecule has 0 spiro atoms. The van der Waals surface area contributed by atoms with E-state index in [-0.39, 0.29) is 17.4 Å². The van der Waals surface area contributed by atoms with Gasteiger partial charge in [-0.25, -0.2) is 9.37 Å². The summed E-state index contributed by atoms with van der Waals surface area (Å²) in [6, 6.07) is 7.74. The van der Waals surface area contributed by atoms with E-state index in [1.165, 1.54) is 32.6 Å². The Bertz CT molecular complexity index is 1520. The van der Waals surface area contributed by atoms with E-state index < -0.39 is 5.82 Å². The van der Waals surface area contributed by atoms with Gasteiger partial charge < -0.3 is 15.0 Å². The molecule has 1 N–H and O–H groups in total. The molecular weight excluding hydrogens is 485 g/mol. The summed E-state index contributed by atoms with van der Waals surface area (Å²) < 4.78 is 21.4. The number of nitrogens with zero attached hydrogens (tertiary/aromatic N) is 6. The van der Waals surface area contributed by atoms with E-state index >= 15 is 0 Å². The first-order valence-corrected chi connectivity index (χ1v) is 13.1. The zero-order valence-corrected chi connectivity index (χ0v) is 22.1. The lowest BCUT2D eigenvalue weighted by Gasteiger charge is -2.45. The summed E-state index contributed by atoms with van der Waals surface area (Å²) in [6.45, 7) is 7.50. The molecule has 2 fully saturated rings. The van der Waals surface area contributed by atoms with Crippen LogP contribution in [0.25, 0.3) is 21.8 Å². The highest BCUT2D eigenvalue weighted by Gasteiger charge is 2.34. The van der Waals surface area contributed by atoms with Crippen molar-refractivity contribution in [1.82, 2.24) is 24.6 Å². The minimum atomic E-state index is -0.494. The smallest absolute Gasteiger partial charge is 0.316 e. The number of aromatic nitrogens is 4. The Morgan fingerprint density at radius 3 is 2.63 bits per heavy atom. The second kappa shape index (κ2) is 9.50. The lowest BCUT2D eigenvalue weighted by Crippen LogP contribution is -2.57. The first kappa shape index (κ1) is 24.5. The largest absolute Gasteiger partial charge is 0.467 e. The third-order valence-electron chi connectivity index (χ3n) is 7.68. The minimum Gasteiger partial charge on any atom is -0.467 e. The van der Waals surface area contributed by atoms with Crippen molar-refractivity contribution in [2.24, 2.45) is 13.0 Å². The fraction of sp³-hybridized carbons (Fsp3) is 0.429. The highest BCUT2D eigenvalue weighted by Crippen LogP contribution is 2.35. The number of hydrogen-bond donors (Lipinski definition) is 1. The molecule has 1 aliphatic heterocycles. The summed E-state index contributed by atoms with van der Waals surface area (Å²) in [6.07, 6.45) is 6.12. The number of carbonyl (C=O) groups is 1. The zero-order chi connectivity index (χ0) is 26.6. The van der Waals surface area contributed by atoms with Crippen molar-refractivity contribution in [3.05, 3.63) is 48.0 Å². The Hall–Kier alpha value is -3.79. The molecule has 2 unspecified atom stereocenters. The van der Waals surface area contributed by atoms with Crippen molar-refractivity contribution in [1.29, 1.82) is 0 Å². The van der Waals surface area contributed by atoms with E-state index in [0.29, 0.717) is 34.2 Å². The third kappa shape index (κ3) is 4.53. The third-order valence-corrected chi connectivity index (χ3v) is 7.68. The number of methoxy groups -OCH3 is 1. The maximum atomic E-state index is 14.6. The second-order valence-electron chi connectivity index (χ2n) is 10.6. The van der Waals surface area contributed by atoms with E-state index in [4.69, 9.17) is 4.74 Å². The number of hydrogen-bond acceptors (Lipinski definition) is 7. The minimum absolute atomic E-state index is 0.183. The molecule has 6 rings (SSSR count). The first-order valence-electron chi connectivity index (χ1n) is 13.1. The van der Waals surface area contributed by atoms with Crippen LogP contribution in [0.4, 0.5) is 15.8 Å². The highest BCUT2D eigenvalue weighted by atomic mass is 19.1. The van der Waals surface area contributed by atoms with Crippen LogP contribution in [0.15, 0.2) is 36.7 Å². The van der Waals surface area contributed by atoms with E-state index in [0.717, 1.165) is 30.1 Å². The molecule has 1 aliphatic carbocycles. The van der Waals surface area contributed by atoms with Crippen molar-refractivity contribution < 1.29 is 13.9 Å². The van der Waals surface area contributed by atoms with Crippen LogP contribution >= 0.6 is 0 Å². The van der Waals surface area contributed by atoms with Gasteiger partial charge in [-0.3, -0.25) is 14.4 Å². The summed E-state index contributed by atoms with van der Waals surface area (Å²) in [5.41, 5.74) is 2.46. The number of amides is 1. The van der Waals surface area contributed by atoms with Crippen LogP contribution in [0, 0.1) is 11.7 Å². The van der Waals surface area contributed by atoms with Gasteiger partial charge in [-0.2, -0.15) is 10.1 Å². The van der Waals surface area contributed by atoms with Crippen LogP contribution in [0.5, 0.6) is 6.01 Å². The van der Waals surface area contributed by atoms with Crippen LogP contribution in [-0.2, 0) is 7.05 Å². The Kier molecular flexibility index (Phi) is 6.14. The number of carbonyl (C=O) groups excluding carboxylic acids is 1. The number of halogens is 1. The van der Waals surface area contributed by atoms with Crippen molar-refractivity contribution in [2.45, 2.75) is 38.8 Å². The van der Waals surface area contributed by atoms with Gasteiger partial charge in [-0.05, 0) is 56.9 Å². The molecule has 1 saturated carbocycles. The maximum Gasteiger partial charge on any atom is 0.316 e. The molecule has 0 bridgehead atoms. The first-order chi connectivity index (χ1) is 18.3. The van der Waals surface area contributed by atoms with Crippen LogP contribution in [0.1, 0.15) is 37.0 Å². The predicted molar refractivity (Wildman–Crippen MR) is 145 cm³/mol. The molecule has 3 heterocycles. The number of fused-ring (bicyclic) bond motifs is 2. The molecule has 0 radical (unpaired) electrons. The Balaban J connectivity index is 1.33. The summed E-state index contributed by atoms with van der Waals surface area (Å²) >= 11 is 0. The van der Waals surface area contributed by atoms with Gasteiger partial charge in [0.1, 0.15) is 5.52 Å². The molecule has 10 heteroatoms. The molecular formula is C28H32FN7O2. The van der Waals surface area contributed by atoms with Gasteiger partial charge in [0, 0.05) is 73.3 Å². The molecule has 9 nitrogen and oxygen atoms in total. The molecule has 1 amide bonds. The van der Waals surface area contributed by atoms with Gasteiger partial charge in [0.05, 0.1) is 18.2 Å². The quantitative estimate of drug-likeness (QED) is 0.410. The molecule has 2 aromatic heterocycles. The fourth-order valence-electron chi connectivity index (χ4n) is 5.64. The van der Waals surface area contributed by atoms with Crippen molar-refractivity contribution >= 4 is 39.1 Å². The zero-order valence-electron chi connectivity index (χ0n) is 22.1. The van der Waals surface area contributed by atoms with Crippen LogP contribution in [0.3, 0.4) is 0 Å². The molecule has 2 aliphatic rings. The summed E-state index contributed by atoms with van der Waals surface area (Å²) in [7, 11) is 3.23. The number of nitrogens with one attached hydrogen (secondary N) is 1. The number of anilines is 2. The molecule has 2 aromatic carbocycles. The van der Waals surface area contributed by atoms with Gasteiger partial charge in [0.2, 0.25) is 0 Å². The summed E-state index contributed by atoms with van der Waals surface area (Å²) in [5, 5.41) is 8.35.